The lowest BCUT2D eigenvalue weighted by molar-refractivity contribution is 1.07. The Bertz CT molecular complexity index is 6410. The Balaban J connectivity index is 0.855. The minimum atomic E-state index is 0.475. The zero-order chi connectivity index (χ0) is 75.2. The van der Waals surface area contributed by atoms with E-state index < -0.39 is 0 Å². The number of hydrogen-bond donors (Lipinski definition) is 0. The molecule has 0 spiro atoms. The van der Waals surface area contributed by atoms with Crippen molar-refractivity contribution in [2.75, 3.05) is 0 Å². The van der Waals surface area contributed by atoms with Crippen LogP contribution in [0.4, 0.5) is 0 Å². The third-order valence-corrected chi connectivity index (χ3v) is 20.6. The number of fused-ring (bicyclic) bond motifs is 6. The second-order valence-electron chi connectivity index (χ2n) is 27.6. The number of nitriles is 4. The van der Waals surface area contributed by atoms with Crippen molar-refractivity contribution in [3.05, 3.63) is 374 Å². The molecule has 0 aliphatic carbocycles. The van der Waals surface area contributed by atoms with Crippen molar-refractivity contribution >= 4 is 43.6 Å². The predicted molar refractivity (Wildman–Crippen MR) is 446 cm³/mol. The molecule has 0 fully saturated rings. The fourth-order valence-corrected chi connectivity index (χ4v) is 15.2. The van der Waals surface area contributed by atoms with E-state index in [1.165, 1.54) is 0 Å². The molecule has 12 heteroatoms. The molecule has 4 aromatic heterocycles. The minimum Gasteiger partial charge on any atom is -0.309 e. The van der Waals surface area contributed by atoms with Gasteiger partial charge in [-0.1, -0.05) is 212 Å². The number of nitrogens with zero attached hydrogens (tertiary/aromatic N) is 12. The summed E-state index contributed by atoms with van der Waals surface area (Å²) in [5, 5.41) is 44.3. The van der Waals surface area contributed by atoms with Crippen LogP contribution >= 0.6 is 0 Å². The SMILES string of the molecule is N#Cc1cccc(-c2ccc3c(c2)c2cc(-c4cccc(C#N)c4)ccc2n3-c2cc(-c3cccc(-c4cc(-c5nc(-c6ccccc6)nc(-c6ccccc6)n5)cc(-n5c6ccc(-c7cccc(C#N)c7)cc6c6cc(-c7cccc(C#N)c7)ccc65)c4)c3)cc(-c3nc(-c4ccccc4)nc(-c4ccccc4)n3)c2)c1. The van der Waals surface area contributed by atoms with E-state index in [9.17, 15) is 21.0 Å². The Hall–Kier alpha value is -16.1. The maximum absolute atomic E-state index is 10.1. The van der Waals surface area contributed by atoms with Crippen LogP contribution in [0.15, 0.2) is 352 Å². The van der Waals surface area contributed by atoms with Crippen molar-refractivity contribution in [3.8, 4) is 171 Å². The van der Waals surface area contributed by atoms with Gasteiger partial charge in [-0.25, -0.2) is 29.9 Å². The maximum Gasteiger partial charge on any atom is 0.164 e. The first-order valence-corrected chi connectivity index (χ1v) is 36.6. The summed E-state index contributed by atoms with van der Waals surface area (Å²) in [7, 11) is 0. The van der Waals surface area contributed by atoms with Gasteiger partial charge in [-0.3, -0.25) is 0 Å². The van der Waals surface area contributed by atoms with Crippen LogP contribution in [0.25, 0.3) is 190 Å². The molecule has 4 heterocycles. The summed E-state index contributed by atoms with van der Waals surface area (Å²) in [4.78, 5) is 31.8. The molecule has 0 N–H and O–H groups in total. The van der Waals surface area contributed by atoms with Crippen molar-refractivity contribution in [2.24, 2.45) is 0 Å². The van der Waals surface area contributed by atoms with Crippen LogP contribution in [0, 0.1) is 45.3 Å². The zero-order valence-corrected chi connectivity index (χ0v) is 59.9. The van der Waals surface area contributed by atoms with Crippen molar-refractivity contribution in [3.63, 3.8) is 0 Å². The van der Waals surface area contributed by atoms with Gasteiger partial charge in [0, 0.05) is 66.3 Å². The van der Waals surface area contributed by atoms with E-state index in [1.54, 1.807) is 0 Å². The Morgan fingerprint density at radius 2 is 0.375 bits per heavy atom. The van der Waals surface area contributed by atoms with Gasteiger partial charge in [-0.2, -0.15) is 21.0 Å². The van der Waals surface area contributed by atoms with Crippen LogP contribution in [0.1, 0.15) is 22.3 Å². The van der Waals surface area contributed by atoms with E-state index >= 15 is 0 Å². The lowest BCUT2D eigenvalue weighted by Gasteiger charge is -2.16. The normalized spacial score (nSPS) is 11.2. The molecule has 0 aliphatic heterocycles. The topological polar surface area (TPSA) is 182 Å². The molecule has 0 unspecified atom stereocenters. The van der Waals surface area contributed by atoms with Crippen LogP contribution in [-0.2, 0) is 0 Å². The first-order chi connectivity index (χ1) is 55.2. The monoisotopic (exact) mass is 1430 g/mol. The van der Waals surface area contributed by atoms with Crippen molar-refractivity contribution in [1.29, 1.82) is 21.0 Å². The minimum absolute atomic E-state index is 0.475. The number of rotatable bonds is 14. The third-order valence-electron chi connectivity index (χ3n) is 20.6. The van der Waals surface area contributed by atoms with E-state index in [0.29, 0.717) is 57.2 Å². The van der Waals surface area contributed by atoms with Gasteiger partial charge < -0.3 is 9.13 Å². The van der Waals surface area contributed by atoms with Crippen molar-refractivity contribution < 1.29 is 0 Å². The van der Waals surface area contributed by atoms with Crippen LogP contribution in [0.5, 0.6) is 0 Å². The Kier molecular flexibility index (Phi) is 16.8. The average Bonchev–Trinajstić information content (AvgIpc) is 1.59. The first kappa shape index (κ1) is 66.6. The van der Waals surface area contributed by atoms with Gasteiger partial charge in [0.25, 0.3) is 0 Å². The quantitative estimate of drug-likeness (QED) is 0.102. The third kappa shape index (κ3) is 12.6. The number of aromatic nitrogens is 8. The number of hydrogen-bond acceptors (Lipinski definition) is 10. The molecule has 19 rings (SSSR count). The summed E-state index contributed by atoms with van der Waals surface area (Å²) in [5.74, 6) is 3.05. The summed E-state index contributed by atoms with van der Waals surface area (Å²) in [5.41, 5.74) is 23.6. The van der Waals surface area contributed by atoms with Crippen LogP contribution in [0.3, 0.4) is 0 Å². The fourth-order valence-electron chi connectivity index (χ4n) is 15.2. The van der Waals surface area contributed by atoms with Gasteiger partial charge in [-0.15, -0.1) is 0 Å². The molecule has 0 radical (unpaired) electrons. The Morgan fingerprint density at radius 1 is 0.170 bits per heavy atom. The Labute approximate surface area is 644 Å². The highest BCUT2D eigenvalue weighted by Crippen LogP contribution is 2.44. The molecule has 112 heavy (non-hydrogen) atoms. The van der Waals surface area contributed by atoms with Gasteiger partial charge in [0.1, 0.15) is 0 Å². The van der Waals surface area contributed by atoms with Crippen molar-refractivity contribution in [1.82, 2.24) is 39.0 Å². The molecule has 12 nitrogen and oxygen atoms in total. The second kappa shape index (κ2) is 28.3. The lowest BCUT2D eigenvalue weighted by Crippen LogP contribution is -2.02. The maximum atomic E-state index is 10.1. The second-order valence-corrected chi connectivity index (χ2v) is 27.6. The average molecular weight is 1430 g/mol. The van der Waals surface area contributed by atoms with Crippen molar-refractivity contribution in [2.45, 2.75) is 0 Å². The Morgan fingerprint density at radius 3 is 0.634 bits per heavy atom. The van der Waals surface area contributed by atoms with Crippen LogP contribution in [-0.4, -0.2) is 39.0 Å². The fraction of sp³-hybridized carbons (Fsp3) is 0. The highest BCUT2D eigenvalue weighted by Gasteiger charge is 2.24. The molecule has 0 saturated heterocycles. The standard InChI is InChI=1S/C100H58N12/c101-59-63-18-13-30-71(44-63)77-36-40-91-87(55-77)88-56-78(72-31-14-19-64(45-72)60-102)37-41-92(88)111(91)85-51-81(49-83(53-85)99-107-95(67-22-5-1-6-23-67)105-96(108-99)68-24-7-2-8-25-68)75-34-17-35-76(48-75)82-50-84(100-109-97(69-26-9-3-10-27-69)106-98(110-100)70-28-11-4-12-29-70)54-86(52-82)112-93-42-38-79(73-32-15-20-65(46-73)61-103)57-89(93)90-58-80(39-43-94(90)112)74-33-16-21-66(47-74)62-104/h1-58H. The predicted octanol–water partition coefficient (Wildman–Crippen LogP) is 23.7. The van der Waals surface area contributed by atoms with E-state index in [0.717, 1.165) is 155 Å². The van der Waals surface area contributed by atoms with Crippen LogP contribution in [0.2, 0.25) is 0 Å². The van der Waals surface area contributed by atoms with Gasteiger partial charge in [0.2, 0.25) is 0 Å². The molecular weight excluding hydrogens is 1370 g/mol. The molecular formula is C100H58N12. The highest BCUT2D eigenvalue weighted by molar-refractivity contribution is 6.13. The largest absolute Gasteiger partial charge is 0.309 e. The summed E-state index contributed by atoms with van der Waals surface area (Å²) in [6, 6.07) is 128. The number of benzene rings is 15. The van der Waals surface area contributed by atoms with E-state index in [-0.39, 0.29) is 0 Å². The van der Waals surface area contributed by atoms with Gasteiger partial charge >= 0.3 is 0 Å². The summed E-state index contributed by atoms with van der Waals surface area (Å²) >= 11 is 0. The lowest BCUT2D eigenvalue weighted by atomic mass is 9.95. The summed E-state index contributed by atoms with van der Waals surface area (Å²) in [6.45, 7) is 0. The molecule has 0 amide bonds. The van der Waals surface area contributed by atoms with E-state index in [4.69, 9.17) is 29.9 Å². The molecule has 0 aliphatic rings. The van der Waals surface area contributed by atoms with Gasteiger partial charge in [0.05, 0.1) is 68.6 Å². The molecule has 15 aromatic carbocycles. The molecule has 0 bridgehead atoms. The molecule has 518 valence electrons. The highest BCUT2D eigenvalue weighted by atomic mass is 15.1. The van der Waals surface area contributed by atoms with Gasteiger partial charge in [0.15, 0.2) is 34.9 Å². The molecule has 0 saturated carbocycles. The van der Waals surface area contributed by atoms with E-state index in [1.807, 2.05) is 218 Å². The smallest absolute Gasteiger partial charge is 0.164 e. The van der Waals surface area contributed by atoms with Crippen LogP contribution < -0.4 is 0 Å². The van der Waals surface area contributed by atoms with E-state index in [2.05, 4.69) is 167 Å². The summed E-state index contributed by atoms with van der Waals surface area (Å²) in [6.07, 6.45) is 0. The zero-order valence-electron chi connectivity index (χ0n) is 59.9. The first-order valence-electron chi connectivity index (χ1n) is 36.6. The summed E-state index contributed by atoms with van der Waals surface area (Å²) < 4.78 is 4.62. The van der Waals surface area contributed by atoms with Gasteiger partial charge in [-0.05, 0) is 206 Å². The molecule has 19 aromatic rings. The molecule has 0 atom stereocenters.